The molecular formula is C105H116Cl5N5O15. The molecule has 0 spiro atoms. The number of aliphatic carboxylic acids is 1. The van der Waals surface area contributed by atoms with Gasteiger partial charge in [-0.15, -0.1) is 0 Å². The van der Waals surface area contributed by atoms with Crippen LogP contribution in [0.1, 0.15) is 236 Å². The van der Waals surface area contributed by atoms with Crippen LogP contribution in [0.2, 0.25) is 25.8 Å². The number of carbonyl (C=O) groups is 8. The molecule has 0 saturated carbocycles. The number of rotatable bonds is 19. The van der Waals surface area contributed by atoms with E-state index in [0.717, 1.165) is 105 Å². The average Bonchev–Trinajstić information content (AvgIpc) is 0.810. The number of aliphatic hydroxyl groups excluding tert-OH is 1. The minimum atomic E-state index is -1.34. The van der Waals surface area contributed by atoms with Crippen LogP contribution in [0.4, 0.5) is 0 Å². The lowest BCUT2D eigenvalue weighted by Crippen LogP contribution is -2.43. The van der Waals surface area contributed by atoms with Gasteiger partial charge in [-0.05, 0) is 292 Å². The van der Waals surface area contributed by atoms with Gasteiger partial charge in [0.15, 0.2) is 40.4 Å². The van der Waals surface area contributed by atoms with Crippen molar-refractivity contribution in [3.63, 3.8) is 0 Å². The maximum Gasteiger partial charge on any atom is 0.350 e. The summed E-state index contributed by atoms with van der Waals surface area (Å²) >= 11 is 30.0. The minimum Gasteiger partial charge on any atom is -0.478 e. The Hall–Kier alpha value is -12.1. The number of hydrogen-bond donors (Lipinski definition) is 2. The Kier molecular flexibility index (Phi) is 39.5. The Bertz CT molecular complexity index is 6300. The molecule has 0 saturated heterocycles. The molecule has 686 valence electrons. The number of benzene rings is 8. The molecule has 1 unspecified atom stereocenters. The predicted molar refractivity (Wildman–Crippen MR) is 530 cm³/mol. The summed E-state index contributed by atoms with van der Waals surface area (Å²) in [5.74, 6) is -0.705. The second kappa shape index (κ2) is 47.4. The van der Waals surface area contributed by atoms with Gasteiger partial charge in [-0.1, -0.05) is 191 Å². The van der Waals surface area contributed by atoms with Crippen LogP contribution in [0.3, 0.4) is 0 Å². The quantitative estimate of drug-likeness (QED) is 0.0250. The summed E-state index contributed by atoms with van der Waals surface area (Å²) in [6.07, 6.45) is 7.28. The molecule has 0 aliphatic rings. The first-order valence-electron chi connectivity index (χ1n) is 40.9. The third-order valence-corrected chi connectivity index (χ3v) is 20.2. The van der Waals surface area contributed by atoms with Gasteiger partial charge in [0.25, 0.3) is 0 Å². The number of hydrogen-bond acceptors (Lipinski definition) is 19. The first-order chi connectivity index (χ1) is 60.0. The number of ether oxygens (including phenoxy) is 5. The number of pyridine rings is 5. The van der Waals surface area contributed by atoms with Gasteiger partial charge < -0.3 is 33.9 Å². The van der Waals surface area contributed by atoms with E-state index in [1.807, 2.05) is 235 Å². The van der Waals surface area contributed by atoms with Crippen LogP contribution < -0.4 is 14.2 Å². The number of carbonyl (C=O) groups excluding carboxylic acids is 7. The molecule has 0 aliphatic heterocycles. The highest BCUT2D eigenvalue weighted by Gasteiger charge is 2.38. The Labute approximate surface area is 789 Å². The van der Waals surface area contributed by atoms with E-state index in [-0.39, 0.29) is 60.2 Å². The van der Waals surface area contributed by atoms with Crippen LogP contribution in [0, 0.1) is 41.5 Å². The first-order valence-corrected chi connectivity index (χ1v) is 41.8. The van der Waals surface area contributed by atoms with Crippen LogP contribution >= 0.6 is 58.0 Å². The molecule has 0 bridgehead atoms. The molecule has 5 aromatic heterocycles. The van der Waals surface area contributed by atoms with Gasteiger partial charge in [0.05, 0.1) is 55.9 Å². The number of ketones is 3. The van der Waals surface area contributed by atoms with Crippen LogP contribution in [0.25, 0.3) is 66.7 Å². The van der Waals surface area contributed by atoms with Gasteiger partial charge in [-0.25, -0.2) is 39.3 Å². The van der Waals surface area contributed by atoms with Gasteiger partial charge in [0.2, 0.25) is 0 Å². The molecule has 130 heavy (non-hydrogen) atoms. The summed E-state index contributed by atoms with van der Waals surface area (Å²) in [7, 11) is 1.25. The van der Waals surface area contributed by atoms with Crippen LogP contribution in [0.15, 0.2) is 200 Å². The van der Waals surface area contributed by atoms with E-state index >= 15 is 0 Å². The lowest BCUT2D eigenvalue weighted by Gasteiger charge is -2.30. The maximum absolute atomic E-state index is 12.8. The number of nitrogens with zero attached hydrogens (tertiary/aromatic N) is 5. The third-order valence-electron chi connectivity index (χ3n) is 18.7. The molecule has 2 N–H and O–H groups in total. The summed E-state index contributed by atoms with van der Waals surface area (Å²) < 4.78 is 34.3. The number of aromatic nitrogens is 5. The molecule has 1 atom stereocenters. The van der Waals surface area contributed by atoms with E-state index in [9.17, 15) is 48.6 Å². The normalized spacial score (nSPS) is 11.5. The zero-order chi connectivity index (χ0) is 95.3. The van der Waals surface area contributed by atoms with E-state index in [2.05, 4.69) is 24.9 Å². The largest absolute Gasteiger partial charge is 0.478 e. The van der Waals surface area contributed by atoms with Gasteiger partial charge >= 0.3 is 17.9 Å². The van der Waals surface area contributed by atoms with Crippen LogP contribution in [-0.4, -0.2) is 111 Å². The Morgan fingerprint density at radius 2 is 0.646 bits per heavy atom. The Balaban J connectivity index is 0.000000338. The monoisotopic (exact) mass is 1860 g/mol. The maximum atomic E-state index is 12.8. The lowest BCUT2D eigenvalue weighted by atomic mass is 10.0. The highest BCUT2D eigenvalue weighted by atomic mass is 35.5. The summed E-state index contributed by atoms with van der Waals surface area (Å²) in [5.41, 5.74) is 8.50. The van der Waals surface area contributed by atoms with Crippen molar-refractivity contribution in [2.24, 2.45) is 0 Å². The Morgan fingerprint density at radius 1 is 0.377 bits per heavy atom. The van der Waals surface area contributed by atoms with Crippen molar-refractivity contribution in [2.45, 2.75) is 202 Å². The molecule has 0 radical (unpaired) electrons. The SMILES string of the molecule is C.C.C.CC(=O)c1cc2ccccc2nc1Cl.CC(O)c1cc2ccccc2nc1Cl.Cc1cc(/C=C/C(=O)c2cc3ccccc3nc2Cl)cc(C)c1OC(C)(C)C(=O)O.Cc1cc(/C=C/C(=O)c2cc3ccccc3nc2Cl)cc(C)c1OC(C)(C)C(=O)OC(C)(C)C.Cc1cc(C=O)cc(C)c1OC(C)(C)C(=O)OC(C)(C)C.O=Cc1cc2ccccc2nc1Cl.[3H]C. The van der Waals surface area contributed by atoms with Crippen molar-refractivity contribution in [1.29, 1.82) is 0 Å². The number of aldehydes is 2. The fourth-order valence-electron chi connectivity index (χ4n) is 12.4. The number of para-hydroxylation sites is 5. The second-order valence-corrected chi connectivity index (χ2v) is 34.9. The fraction of sp³-hybridized carbons (Fsp3) is 0.286. The molecule has 0 amide bonds. The highest BCUT2D eigenvalue weighted by molar-refractivity contribution is 6.35. The minimum absolute atomic E-state index is 0. The second-order valence-electron chi connectivity index (χ2n) is 33.1. The van der Waals surface area contributed by atoms with Gasteiger partial charge in [-0.2, -0.15) is 0 Å². The Morgan fingerprint density at radius 3 is 0.938 bits per heavy atom. The smallest absolute Gasteiger partial charge is 0.350 e. The molecule has 13 rings (SSSR count). The standard InChI is InChI=1S/C28H30ClNO4.C24H22ClNO4.C17H24O4.C11H10ClNO.C11H8ClNO.C10H6ClNO.4CH4/c1-17-14-19(15-18(2)24(17)33-28(6,7)26(32)34-27(3,4)5)12-13-23(31)21-16-20-10-8-9-11-22(20)30-25(21)29;1-14-11-16(12-15(2)21(14)30-24(3,4)23(28)29)9-10-20(27)18-13-17-7-5-6-8-19(17)26-22(18)25;1-11-8-13(10-18)9-12(2)14(11)20-17(6,7)15(19)21-16(3,4)5;2*1-7(14)9-6-8-4-2-3-5-10(8)13-11(9)12;11-10-8(6-13)5-7-3-1-2-4-9(7)12-10;;;;/h8-16H,1-7H3;5-13H,1-4H3,(H,28,29);8-10H,1-7H3;2-7,14H,1H3;2-6H,1H3;1-6H;4*1H4/b13-12+;10-9+;;;;;;;;/i;;;;;;1T;;;. The van der Waals surface area contributed by atoms with Crippen molar-refractivity contribution >= 4 is 173 Å². The number of carboxylic acids is 1. The summed E-state index contributed by atoms with van der Waals surface area (Å²) in [6.45, 7) is 35.0. The number of halogens is 5. The average molecular weight is 1870 g/mol. The van der Waals surface area contributed by atoms with Gasteiger partial charge in [0.1, 0.15) is 60.5 Å². The van der Waals surface area contributed by atoms with E-state index in [1.54, 1.807) is 83.2 Å². The summed E-state index contributed by atoms with van der Waals surface area (Å²) in [4.78, 5) is 115. The van der Waals surface area contributed by atoms with Crippen LogP contribution in [0.5, 0.6) is 17.2 Å². The highest BCUT2D eigenvalue weighted by Crippen LogP contribution is 2.36. The number of allylic oxidation sites excluding steroid dienone is 2. The van der Waals surface area contributed by atoms with Crippen molar-refractivity contribution in [1.82, 2.24) is 24.9 Å². The number of aliphatic hydroxyl groups is 1. The molecule has 13 aromatic rings. The summed E-state index contributed by atoms with van der Waals surface area (Å²) in [6, 6.07) is 57.6. The summed E-state index contributed by atoms with van der Waals surface area (Å²) in [5, 5.41) is 24.5. The van der Waals surface area contributed by atoms with Crippen LogP contribution in [-0.2, 0) is 23.9 Å². The predicted octanol–water partition coefficient (Wildman–Crippen LogP) is 27.4. The van der Waals surface area contributed by atoms with Crippen molar-refractivity contribution in [2.75, 3.05) is 0 Å². The van der Waals surface area contributed by atoms with Crippen molar-refractivity contribution in [3.8, 4) is 17.2 Å². The lowest BCUT2D eigenvalue weighted by molar-refractivity contribution is -0.171. The first kappa shape index (κ1) is 108. The number of fused-ring (bicyclic) bond motifs is 5. The number of Topliss-reactive ketones (excluding diaryl/α,β-unsaturated/α-hetero) is 1. The van der Waals surface area contributed by atoms with E-state index in [4.69, 9.17) is 83.1 Å². The van der Waals surface area contributed by atoms with Crippen molar-refractivity contribution < 1.29 is 73.6 Å². The topological polar surface area (TPSA) is 288 Å². The zero-order valence-electron chi connectivity index (χ0n) is 75.8. The fourth-order valence-corrected chi connectivity index (χ4v) is 13.6. The van der Waals surface area contributed by atoms with E-state index < -0.39 is 52.0 Å². The molecule has 0 aliphatic carbocycles. The van der Waals surface area contributed by atoms with E-state index in [1.165, 1.54) is 40.3 Å². The third kappa shape index (κ3) is 30.5. The molecule has 0 fully saturated rings. The van der Waals surface area contributed by atoms with Gasteiger partial charge in [0, 0.05) is 39.4 Å². The van der Waals surface area contributed by atoms with Gasteiger partial charge in [-0.3, -0.25) is 24.0 Å². The van der Waals surface area contributed by atoms with E-state index in [0.29, 0.717) is 62.1 Å². The number of carboxylic acid groups (broad SMARTS) is 1. The molecule has 25 heteroatoms. The molecular weight excluding hydrogens is 1750 g/mol. The zero-order valence-corrected chi connectivity index (χ0v) is 78.5. The number of aryl methyl sites for hydroxylation is 6. The van der Waals surface area contributed by atoms with Crippen molar-refractivity contribution in [3.05, 3.63) is 304 Å². The molecule has 5 heterocycles. The molecule has 8 aromatic carbocycles. The molecule has 20 nitrogen and oxygen atoms in total. The number of esters is 2.